The number of benzene rings is 2. The fourth-order valence-corrected chi connectivity index (χ4v) is 5.68. The van der Waals surface area contributed by atoms with Crippen LogP contribution in [0.1, 0.15) is 73.7 Å². The van der Waals surface area contributed by atoms with Gasteiger partial charge in [0.2, 0.25) is 11.8 Å². The third kappa shape index (κ3) is 6.77. The van der Waals surface area contributed by atoms with Crippen LogP contribution in [0.15, 0.2) is 60.7 Å². The summed E-state index contributed by atoms with van der Waals surface area (Å²) in [5.74, 6) is -0.882. The predicted octanol–water partition coefficient (Wildman–Crippen LogP) is 3.92. The molecule has 7 heteroatoms. The van der Waals surface area contributed by atoms with E-state index in [2.05, 4.69) is 16.0 Å². The topological polar surface area (TPSA) is 96.5 Å². The molecular formula is C30H39N3O4. The van der Waals surface area contributed by atoms with Crippen LogP contribution >= 0.6 is 0 Å². The molecule has 3 amide bonds. The van der Waals surface area contributed by atoms with Crippen molar-refractivity contribution in [1.29, 1.82) is 0 Å². The Morgan fingerprint density at radius 3 is 2.22 bits per heavy atom. The molecule has 0 aliphatic heterocycles. The number of carbonyl (C=O) groups is 3. The monoisotopic (exact) mass is 505 g/mol. The summed E-state index contributed by atoms with van der Waals surface area (Å²) >= 11 is 0. The maximum Gasteiger partial charge on any atom is 0.252 e. The summed E-state index contributed by atoms with van der Waals surface area (Å²) in [6.07, 6.45) is 7.97. The van der Waals surface area contributed by atoms with Crippen LogP contribution in [0.5, 0.6) is 0 Å². The van der Waals surface area contributed by atoms with Gasteiger partial charge in [-0.3, -0.25) is 14.4 Å². The first-order valence-electron chi connectivity index (χ1n) is 13.6. The van der Waals surface area contributed by atoms with E-state index < -0.39 is 17.7 Å². The molecule has 2 aliphatic carbocycles. The molecule has 0 aromatic heterocycles. The summed E-state index contributed by atoms with van der Waals surface area (Å²) in [7, 11) is 1.57. The normalized spacial score (nSPS) is 23.0. The van der Waals surface area contributed by atoms with Gasteiger partial charge in [0, 0.05) is 25.1 Å². The molecule has 37 heavy (non-hydrogen) atoms. The van der Waals surface area contributed by atoms with Gasteiger partial charge in [0.05, 0.1) is 6.10 Å². The fraction of sp³-hybridized carbons (Fsp3) is 0.500. The van der Waals surface area contributed by atoms with Crippen molar-refractivity contribution >= 4 is 17.7 Å². The SMILES string of the molecule is CO[C@@H]1CCCC[C@]1(NC(=O)c1ccccc1)C(=O)N[C@@H](Cc1ccccc1)C(=O)NC1CCCCC1. The first-order chi connectivity index (χ1) is 18.0. The largest absolute Gasteiger partial charge is 0.378 e. The maximum atomic E-state index is 14.1. The number of hydrogen-bond donors (Lipinski definition) is 3. The van der Waals surface area contributed by atoms with E-state index in [9.17, 15) is 14.4 Å². The van der Waals surface area contributed by atoms with Crippen molar-refractivity contribution in [3.05, 3.63) is 71.8 Å². The Morgan fingerprint density at radius 2 is 1.54 bits per heavy atom. The van der Waals surface area contributed by atoms with E-state index >= 15 is 0 Å². The van der Waals surface area contributed by atoms with Crippen molar-refractivity contribution in [2.75, 3.05) is 7.11 Å². The van der Waals surface area contributed by atoms with Crippen molar-refractivity contribution in [3.63, 3.8) is 0 Å². The fourth-order valence-electron chi connectivity index (χ4n) is 5.68. The van der Waals surface area contributed by atoms with E-state index in [4.69, 9.17) is 4.74 Å². The van der Waals surface area contributed by atoms with Crippen molar-refractivity contribution in [2.45, 2.75) is 87.9 Å². The molecule has 0 saturated heterocycles. The van der Waals surface area contributed by atoms with Gasteiger partial charge >= 0.3 is 0 Å². The molecule has 2 aliphatic rings. The highest BCUT2D eigenvalue weighted by Gasteiger charge is 2.49. The van der Waals surface area contributed by atoms with Gasteiger partial charge in [-0.2, -0.15) is 0 Å². The molecule has 2 saturated carbocycles. The zero-order valence-corrected chi connectivity index (χ0v) is 21.7. The zero-order chi connectivity index (χ0) is 26.1. The smallest absolute Gasteiger partial charge is 0.252 e. The number of nitrogens with one attached hydrogen (secondary N) is 3. The minimum absolute atomic E-state index is 0.129. The molecule has 0 bridgehead atoms. The van der Waals surface area contributed by atoms with Crippen LogP contribution in [0.2, 0.25) is 0 Å². The maximum absolute atomic E-state index is 14.1. The second-order valence-electron chi connectivity index (χ2n) is 10.3. The summed E-state index contributed by atoms with van der Waals surface area (Å²) in [5, 5.41) is 9.25. The van der Waals surface area contributed by atoms with Gasteiger partial charge in [-0.15, -0.1) is 0 Å². The molecule has 0 heterocycles. The number of rotatable bonds is 9. The molecule has 0 spiro atoms. The summed E-state index contributed by atoms with van der Waals surface area (Å²) in [4.78, 5) is 40.8. The Balaban J connectivity index is 1.58. The molecule has 2 aromatic carbocycles. The average Bonchev–Trinajstić information content (AvgIpc) is 2.94. The first kappa shape index (κ1) is 26.9. The highest BCUT2D eigenvalue weighted by molar-refractivity contribution is 6.00. The number of amides is 3. The van der Waals surface area contributed by atoms with E-state index in [1.807, 2.05) is 36.4 Å². The number of ether oxygens (including phenoxy) is 1. The van der Waals surface area contributed by atoms with Crippen molar-refractivity contribution in [3.8, 4) is 0 Å². The van der Waals surface area contributed by atoms with Crippen LogP contribution in [0.4, 0.5) is 0 Å². The lowest BCUT2D eigenvalue weighted by atomic mass is 9.77. The Morgan fingerprint density at radius 1 is 0.892 bits per heavy atom. The molecule has 2 fully saturated rings. The lowest BCUT2D eigenvalue weighted by Crippen LogP contribution is -2.68. The highest BCUT2D eigenvalue weighted by Crippen LogP contribution is 2.32. The van der Waals surface area contributed by atoms with Crippen LogP contribution < -0.4 is 16.0 Å². The average molecular weight is 506 g/mol. The van der Waals surface area contributed by atoms with Gasteiger partial charge in [-0.25, -0.2) is 0 Å². The van der Waals surface area contributed by atoms with Crippen LogP contribution in [-0.4, -0.2) is 48.6 Å². The second-order valence-corrected chi connectivity index (χ2v) is 10.3. The molecule has 7 nitrogen and oxygen atoms in total. The number of methoxy groups -OCH3 is 1. The molecule has 198 valence electrons. The van der Waals surface area contributed by atoms with Crippen LogP contribution in [-0.2, 0) is 20.7 Å². The summed E-state index contributed by atoms with van der Waals surface area (Å²) in [6, 6.07) is 17.9. The van der Waals surface area contributed by atoms with Gasteiger partial charge in [0.1, 0.15) is 11.6 Å². The first-order valence-corrected chi connectivity index (χ1v) is 13.6. The molecule has 0 unspecified atom stereocenters. The summed E-state index contributed by atoms with van der Waals surface area (Å²) < 4.78 is 5.77. The Kier molecular flexibility index (Phi) is 9.34. The molecule has 0 radical (unpaired) electrons. The van der Waals surface area contributed by atoms with E-state index in [0.717, 1.165) is 44.1 Å². The van der Waals surface area contributed by atoms with E-state index in [1.165, 1.54) is 6.42 Å². The minimum Gasteiger partial charge on any atom is -0.378 e. The van der Waals surface area contributed by atoms with E-state index in [-0.39, 0.29) is 23.8 Å². The zero-order valence-electron chi connectivity index (χ0n) is 21.7. The Labute approximate surface area is 219 Å². The van der Waals surface area contributed by atoms with Crippen molar-refractivity contribution in [1.82, 2.24) is 16.0 Å². The predicted molar refractivity (Wildman–Crippen MR) is 143 cm³/mol. The van der Waals surface area contributed by atoms with Gasteiger partial charge in [0.15, 0.2) is 0 Å². The minimum atomic E-state index is -1.26. The van der Waals surface area contributed by atoms with Gasteiger partial charge in [0.25, 0.3) is 5.91 Å². The second kappa shape index (κ2) is 12.9. The highest BCUT2D eigenvalue weighted by atomic mass is 16.5. The number of hydrogen-bond acceptors (Lipinski definition) is 4. The quantitative estimate of drug-likeness (QED) is 0.481. The van der Waals surface area contributed by atoms with Gasteiger partial charge in [-0.1, -0.05) is 80.6 Å². The Bertz CT molecular complexity index is 1040. The third-order valence-corrected chi connectivity index (χ3v) is 7.76. The molecule has 4 rings (SSSR count). The number of carbonyl (C=O) groups excluding carboxylic acids is 3. The molecular weight excluding hydrogens is 466 g/mol. The summed E-state index contributed by atoms with van der Waals surface area (Å²) in [6.45, 7) is 0. The molecule has 3 N–H and O–H groups in total. The van der Waals surface area contributed by atoms with Crippen LogP contribution in [0, 0.1) is 0 Å². The van der Waals surface area contributed by atoms with E-state index in [1.54, 1.807) is 31.4 Å². The van der Waals surface area contributed by atoms with Crippen molar-refractivity contribution < 1.29 is 19.1 Å². The van der Waals surface area contributed by atoms with Crippen molar-refractivity contribution in [2.24, 2.45) is 0 Å². The lowest BCUT2D eigenvalue weighted by molar-refractivity contribution is -0.139. The van der Waals surface area contributed by atoms with Crippen LogP contribution in [0.25, 0.3) is 0 Å². The standard InChI is InChI=1S/C30H39N3O4/c1-37-26-19-11-12-20-30(26,33-27(34)23-15-7-3-8-16-23)29(36)32-25(21-22-13-5-2-6-14-22)28(35)31-24-17-9-4-10-18-24/h2-3,5-8,13-16,24-26H,4,9-12,17-21H2,1H3,(H,31,35)(H,32,36)(H,33,34)/t25-,26+,30+/m0/s1. The Hall–Kier alpha value is -3.19. The van der Waals surface area contributed by atoms with Crippen LogP contribution in [0.3, 0.4) is 0 Å². The van der Waals surface area contributed by atoms with E-state index in [0.29, 0.717) is 24.8 Å². The molecule has 3 atom stereocenters. The molecule has 2 aromatic rings. The lowest BCUT2D eigenvalue weighted by Gasteiger charge is -2.43. The van der Waals surface area contributed by atoms with Gasteiger partial charge < -0.3 is 20.7 Å². The summed E-state index contributed by atoms with van der Waals surface area (Å²) in [5.41, 5.74) is 0.173. The third-order valence-electron chi connectivity index (χ3n) is 7.76. The van der Waals surface area contributed by atoms with Gasteiger partial charge in [-0.05, 0) is 43.4 Å².